The van der Waals surface area contributed by atoms with E-state index in [1.807, 2.05) is 10.8 Å². The number of halogens is 3. The number of amides is 1. The zero-order valence-corrected chi connectivity index (χ0v) is 15.1. The normalized spacial score (nSPS) is 20.4. The van der Waals surface area contributed by atoms with Crippen molar-refractivity contribution in [2.75, 3.05) is 6.54 Å². The van der Waals surface area contributed by atoms with Crippen LogP contribution in [-0.4, -0.2) is 50.8 Å². The van der Waals surface area contributed by atoms with Crippen LogP contribution in [0, 0.1) is 5.92 Å². The maximum atomic E-state index is 12.4. The predicted molar refractivity (Wildman–Crippen MR) is 88.9 cm³/mol. The van der Waals surface area contributed by atoms with Gasteiger partial charge in [-0.05, 0) is 32.1 Å². The summed E-state index contributed by atoms with van der Waals surface area (Å²) < 4.78 is 39.2. The Balaban J connectivity index is 0.000000345. The first-order valence-corrected chi connectivity index (χ1v) is 8.89. The first-order chi connectivity index (χ1) is 13.1. The Morgan fingerprint density at radius 3 is 2.54 bits per heavy atom. The number of imidazole rings is 1. The molecule has 1 aliphatic heterocycles. The molecule has 1 spiro atoms. The van der Waals surface area contributed by atoms with Gasteiger partial charge in [0.1, 0.15) is 5.60 Å². The Morgan fingerprint density at radius 1 is 1.36 bits per heavy atom. The largest absolute Gasteiger partial charge is 0.490 e. The molecule has 0 bridgehead atoms. The van der Waals surface area contributed by atoms with E-state index in [4.69, 9.17) is 14.6 Å². The smallest absolute Gasteiger partial charge is 0.475 e. The number of nitrogens with zero attached hydrogens (tertiary/aromatic N) is 2. The molecule has 8 nitrogen and oxygen atoms in total. The van der Waals surface area contributed by atoms with E-state index in [0.29, 0.717) is 6.54 Å². The number of hydrogen-bond donors (Lipinski definition) is 2. The van der Waals surface area contributed by atoms with Crippen molar-refractivity contribution in [2.24, 2.45) is 5.92 Å². The van der Waals surface area contributed by atoms with E-state index in [-0.39, 0.29) is 24.2 Å². The molecule has 1 aromatic rings. The van der Waals surface area contributed by atoms with Crippen LogP contribution in [0.4, 0.5) is 13.2 Å². The molecule has 2 heterocycles. The van der Waals surface area contributed by atoms with Crippen LogP contribution in [0.3, 0.4) is 0 Å². The minimum Gasteiger partial charge on any atom is -0.475 e. The van der Waals surface area contributed by atoms with E-state index in [9.17, 15) is 22.8 Å². The minimum absolute atomic E-state index is 0.0339. The summed E-state index contributed by atoms with van der Waals surface area (Å²) >= 11 is 0. The van der Waals surface area contributed by atoms with Gasteiger partial charge in [0, 0.05) is 25.5 Å². The van der Waals surface area contributed by atoms with Crippen LogP contribution in [-0.2, 0) is 25.7 Å². The van der Waals surface area contributed by atoms with Crippen molar-refractivity contribution >= 4 is 17.8 Å². The Hall–Kier alpha value is -2.59. The number of ether oxygens (including phenoxy) is 1. The number of nitrogens with one attached hydrogen (secondary N) is 1. The van der Waals surface area contributed by atoms with Crippen LogP contribution < -0.4 is 5.32 Å². The molecule has 2 fully saturated rings. The second kappa shape index (κ2) is 9.07. The quantitative estimate of drug-likeness (QED) is 0.572. The summed E-state index contributed by atoms with van der Waals surface area (Å²) in [4.78, 5) is 36.8. The summed E-state index contributed by atoms with van der Waals surface area (Å²) in [6, 6.07) is 0. The minimum atomic E-state index is -5.08. The molecule has 0 aromatic carbocycles. The molecule has 0 radical (unpaired) electrons. The van der Waals surface area contributed by atoms with Gasteiger partial charge < -0.3 is 19.7 Å². The molecular weight excluding hydrogens is 383 g/mol. The number of carbonyl (C=O) groups excluding carboxylic acids is 2. The fraction of sp³-hybridized carbons (Fsp3) is 0.647. The number of aryl methyl sites for hydroxylation is 1. The third-order valence-electron chi connectivity index (χ3n) is 4.78. The number of aliphatic carboxylic acids is 1. The van der Waals surface area contributed by atoms with Crippen molar-refractivity contribution in [3.05, 3.63) is 18.7 Å². The van der Waals surface area contributed by atoms with Gasteiger partial charge in [0.05, 0.1) is 18.7 Å². The molecule has 1 amide bonds. The highest BCUT2D eigenvalue weighted by Crippen LogP contribution is 2.45. The van der Waals surface area contributed by atoms with Gasteiger partial charge in [-0.25, -0.2) is 9.78 Å². The van der Waals surface area contributed by atoms with E-state index < -0.39 is 17.7 Å². The highest BCUT2D eigenvalue weighted by molar-refractivity contribution is 5.87. The van der Waals surface area contributed by atoms with Crippen molar-refractivity contribution in [2.45, 2.75) is 56.8 Å². The topological polar surface area (TPSA) is 111 Å². The summed E-state index contributed by atoms with van der Waals surface area (Å²) in [6.45, 7) is 1.43. The number of aromatic nitrogens is 2. The van der Waals surface area contributed by atoms with Crippen molar-refractivity contribution in [3.8, 4) is 0 Å². The average Bonchev–Trinajstić information content (AvgIpc) is 3.34. The number of alkyl halides is 3. The summed E-state index contributed by atoms with van der Waals surface area (Å²) in [7, 11) is 0. The molecule has 28 heavy (non-hydrogen) atoms. The Bertz CT molecular complexity index is 685. The lowest BCUT2D eigenvalue weighted by Gasteiger charge is -2.27. The first kappa shape index (κ1) is 21.7. The molecule has 1 saturated heterocycles. The molecule has 1 aliphatic carbocycles. The third kappa shape index (κ3) is 5.70. The van der Waals surface area contributed by atoms with Gasteiger partial charge in [0.2, 0.25) is 5.91 Å². The number of carboxylic acids is 1. The molecule has 11 heteroatoms. The van der Waals surface area contributed by atoms with Gasteiger partial charge in [-0.3, -0.25) is 9.59 Å². The average molecular weight is 405 g/mol. The van der Waals surface area contributed by atoms with E-state index in [1.54, 1.807) is 12.5 Å². The maximum Gasteiger partial charge on any atom is 0.490 e. The number of esters is 1. The van der Waals surface area contributed by atoms with Crippen LogP contribution >= 0.6 is 0 Å². The molecule has 1 saturated carbocycles. The number of hydrogen-bond acceptors (Lipinski definition) is 5. The van der Waals surface area contributed by atoms with Crippen molar-refractivity contribution in [1.29, 1.82) is 0 Å². The van der Waals surface area contributed by atoms with Crippen molar-refractivity contribution in [1.82, 2.24) is 14.9 Å². The van der Waals surface area contributed by atoms with Crippen molar-refractivity contribution in [3.63, 3.8) is 0 Å². The van der Waals surface area contributed by atoms with E-state index in [0.717, 1.165) is 38.6 Å². The van der Waals surface area contributed by atoms with Gasteiger partial charge in [0.25, 0.3) is 0 Å². The highest BCUT2D eigenvalue weighted by atomic mass is 19.4. The predicted octanol–water partition coefficient (Wildman–Crippen LogP) is 1.90. The first-order valence-electron chi connectivity index (χ1n) is 8.89. The van der Waals surface area contributed by atoms with E-state index >= 15 is 0 Å². The van der Waals surface area contributed by atoms with Gasteiger partial charge in [-0.1, -0.05) is 0 Å². The Morgan fingerprint density at radius 2 is 2.00 bits per heavy atom. The summed E-state index contributed by atoms with van der Waals surface area (Å²) in [6.07, 6.45) is 5.12. The molecular formula is C17H22F3N3O5. The van der Waals surface area contributed by atoms with Crippen LogP contribution in [0.25, 0.3) is 0 Å². The number of carbonyl (C=O) groups is 3. The Labute approximate surface area is 159 Å². The third-order valence-corrected chi connectivity index (χ3v) is 4.78. The second-order valence-electron chi connectivity index (χ2n) is 6.75. The van der Waals surface area contributed by atoms with E-state index in [1.165, 1.54) is 0 Å². The second-order valence-corrected chi connectivity index (χ2v) is 6.75. The number of rotatable bonds is 5. The van der Waals surface area contributed by atoms with Crippen molar-refractivity contribution < 1.29 is 37.4 Å². The SMILES string of the molecule is O=C(O)C(F)(F)F.O=C1CC(C(=O)NCCCn2ccnc2)C2(CCCC2)O1. The lowest BCUT2D eigenvalue weighted by atomic mass is 9.85. The maximum absolute atomic E-state index is 12.4. The van der Waals surface area contributed by atoms with Gasteiger partial charge in [-0.15, -0.1) is 0 Å². The molecule has 2 N–H and O–H groups in total. The molecule has 156 valence electrons. The zero-order chi connectivity index (χ0) is 20.8. The molecule has 1 unspecified atom stereocenters. The summed E-state index contributed by atoms with van der Waals surface area (Å²) in [5.41, 5.74) is -0.508. The molecule has 2 aliphatic rings. The van der Waals surface area contributed by atoms with Crippen LogP contribution in [0.1, 0.15) is 38.5 Å². The fourth-order valence-electron chi connectivity index (χ4n) is 3.46. The van der Waals surface area contributed by atoms with Gasteiger partial charge in [0.15, 0.2) is 0 Å². The number of carboxylic acid groups (broad SMARTS) is 1. The highest BCUT2D eigenvalue weighted by Gasteiger charge is 2.53. The zero-order valence-electron chi connectivity index (χ0n) is 15.1. The van der Waals surface area contributed by atoms with Crippen LogP contribution in [0.2, 0.25) is 0 Å². The summed E-state index contributed by atoms with van der Waals surface area (Å²) in [5, 5.41) is 10.1. The fourth-order valence-corrected chi connectivity index (χ4v) is 3.46. The molecule has 1 aromatic heterocycles. The van der Waals surface area contributed by atoms with Gasteiger partial charge >= 0.3 is 18.1 Å². The summed E-state index contributed by atoms with van der Waals surface area (Å²) in [5.74, 6) is -3.32. The van der Waals surface area contributed by atoms with Crippen LogP contribution in [0.15, 0.2) is 18.7 Å². The molecule has 1 atom stereocenters. The van der Waals surface area contributed by atoms with Gasteiger partial charge in [-0.2, -0.15) is 13.2 Å². The van der Waals surface area contributed by atoms with Crippen LogP contribution in [0.5, 0.6) is 0 Å². The van der Waals surface area contributed by atoms with E-state index in [2.05, 4.69) is 10.3 Å². The molecule has 3 rings (SSSR count). The monoisotopic (exact) mass is 405 g/mol. The Kier molecular flexibility index (Phi) is 7.03. The lowest BCUT2D eigenvalue weighted by Crippen LogP contribution is -2.43. The lowest BCUT2D eigenvalue weighted by molar-refractivity contribution is -0.192. The standard InChI is InChI=1S/C15H21N3O3.C2HF3O2/c19-13-10-12(15(21-13)4-1-2-5-15)14(20)17-6-3-8-18-9-7-16-11-18;3-2(4,5)1(6)7/h7,9,11-12H,1-6,8,10H2,(H,17,20);(H,6,7).